The largest absolute Gasteiger partial charge is 3.00 e. The van der Waals surface area contributed by atoms with Crippen LogP contribution in [0.5, 0.6) is 0 Å². The molecule has 0 aliphatic rings. The molecule has 0 fully saturated rings. The molecule has 0 N–H and O–H groups in total. The predicted octanol–water partition coefficient (Wildman–Crippen LogP) is -0.861. The van der Waals surface area contributed by atoms with Gasteiger partial charge >= 0.3 is 78.0 Å². The summed E-state index contributed by atoms with van der Waals surface area (Å²) in [5.41, 5.74) is 0. The summed E-state index contributed by atoms with van der Waals surface area (Å²) in [6, 6.07) is 0. The zero-order valence-corrected chi connectivity index (χ0v) is 12.6. The molecule has 4 nitrogen and oxygen atoms in total. The molecule has 0 rings (SSSR count). The zero-order chi connectivity index (χ0) is 0. The van der Waals surface area contributed by atoms with Crippen LogP contribution in [0.1, 0.15) is 0 Å². The van der Waals surface area contributed by atoms with E-state index in [0.717, 1.165) is 0 Å². The fourth-order valence-corrected chi connectivity index (χ4v) is 0. The Bertz CT molecular complexity index is 11.7. The van der Waals surface area contributed by atoms with Gasteiger partial charge in [0.1, 0.15) is 0 Å². The van der Waals surface area contributed by atoms with Crippen LogP contribution in [0.25, 0.3) is 0 Å². The molecular formula is InO4YZn. The van der Waals surface area contributed by atoms with Gasteiger partial charge in [0, 0.05) is 0 Å². The van der Waals surface area contributed by atoms with Crippen LogP contribution in [-0.4, -0.2) is 25.8 Å². The molecule has 7 heteroatoms. The van der Waals surface area contributed by atoms with Crippen LogP contribution in [0.3, 0.4) is 0 Å². The van der Waals surface area contributed by atoms with E-state index in [4.69, 9.17) is 0 Å². The Morgan fingerprint density at radius 2 is 0.571 bits per heavy atom. The van der Waals surface area contributed by atoms with Crippen LogP contribution in [0, 0.1) is 0 Å². The Morgan fingerprint density at radius 1 is 0.571 bits per heavy atom. The van der Waals surface area contributed by atoms with E-state index < -0.39 is 0 Å². The Kier molecular flexibility index (Phi) is 1270. The molecule has 0 aromatic carbocycles. The van der Waals surface area contributed by atoms with Crippen molar-refractivity contribution in [2.45, 2.75) is 0 Å². The van der Waals surface area contributed by atoms with Gasteiger partial charge in [-0.25, -0.2) is 0 Å². The van der Waals surface area contributed by atoms with E-state index in [-0.39, 0.29) is 99.9 Å². The molecule has 0 aliphatic carbocycles. The van der Waals surface area contributed by atoms with Crippen LogP contribution >= 0.6 is 0 Å². The molecule has 0 amide bonds. The van der Waals surface area contributed by atoms with E-state index >= 15 is 0 Å². The number of hydrogen-bond acceptors (Lipinski definition) is 0. The quantitative estimate of drug-likeness (QED) is 0.514. The first-order valence-electron chi connectivity index (χ1n) is 0. The maximum absolute atomic E-state index is 0. The van der Waals surface area contributed by atoms with E-state index in [1.54, 1.807) is 0 Å². The van der Waals surface area contributed by atoms with Crippen molar-refractivity contribution in [1.82, 2.24) is 0 Å². The maximum atomic E-state index is 0. The van der Waals surface area contributed by atoms with E-state index in [2.05, 4.69) is 0 Å². The first-order chi connectivity index (χ1) is 0. The van der Waals surface area contributed by atoms with Crippen LogP contribution in [0.15, 0.2) is 0 Å². The van der Waals surface area contributed by atoms with Gasteiger partial charge in [0.25, 0.3) is 0 Å². The number of hydrogen-bond donors (Lipinski definition) is 0. The topological polar surface area (TPSA) is 114 Å². The molecule has 7 heavy (non-hydrogen) atoms. The predicted molar refractivity (Wildman–Crippen MR) is 8.50 cm³/mol. The smallest absolute Gasteiger partial charge is 2.00 e. The van der Waals surface area contributed by atoms with Gasteiger partial charge in [0.15, 0.2) is 0 Å². The molecular weight excluding hydrogens is 333 g/mol. The van der Waals surface area contributed by atoms with Crippen molar-refractivity contribution in [3.8, 4) is 0 Å². The third-order valence-corrected chi connectivity index (χ3v) is 0. The van der Waals surface area contributed by atoms with Crippen LogP contribution < -0.4 is 0 Å². The Morgan fingerprint density at radius 3 is 0.571 bits per heavy atom. The van der Waals surface area contributed by atoms with Crippen LogP contribution in [0.4, 0.5) is 0 Å². The van der Waals surface area contributed by atoms with Crippen molar-refractivity contribution >= 4 is 25.8 Å². The first kappa shape index (κ1) is 113. The average molecular weight is 333 g/mol. The monoisotopic (exact) mass is 332 g/mol. The van der Waals surface area contributed by atoms with E-state index in [0.29, 0.717) is 0 Å². The SMILES string of the molecule is [In+3].[O-2].[O-2].[O-2].[O-2].[Y+3].[Zn+2]. The summed E-state index contributed by atoms with van der Waals surface area (Å²) in [5.74, 6) is 0. The summed E-state index contributed by atoms with van der Waals surface area (Å²) in [4.78, 5) is 0. The molecule has 0 bridgehead atoms. The molecule has 0 aromatic heterocycles. The molecule has 0 aliphatic heterocycles. The summed E-state index contributed by atoms with van der Waals surface area (Å²) in [6.45, 7) is 0. The molecule has 32 valence electrons. The maximum Gasteiger partial charge on any atom is 3.00 e. The molecule has 0 radical (unpaired) electrons. The second-order valence-corrected chi connectivity index (χ2v) is 0. The van der Waals surface area contributed by atoms with Gasteiger partial charge in [-0.15, -0.1) is 0 Å². The van der Waals surface area contributed by atoms with Crippen molar-refractivity contribution < 1.29 is 74.1 Å². The third-order valence-electron chi connectivity index (χ3n) is 0. The molecule has 0 aromatic rings. The Hall–Kier alpha value is 2.44. The second kappa shape index (κ2) is 78.6. The van der Waals surface area contributed by atoms with E-state index in [9.17, 15) is 0 Å². The van der Waals surface area contributed by atoms with Crippen LogP contribution in [-0.2, 0) is 74.1 Å². The average Bonchev–Trinajstić information content (AvgIpc) is 0. The van der Waals surface area contributed by atoms with E-state index in [1.807, 2.05) is 0 Å². The summed E-state index contributed by atoms with van der Waals surface area (Å²) in [7, 11) is 0. The minimum atomic E-state index is 0. The molecule has 0 spiro atoms. The van der Waals surface area contributed by atoms with Crippen molar-refractivity contribution in [3.63, 3.8) is 0 Å². The summed E-state index contributed by atoms with van der Waals surface area (Å²) >= 11 is 0. The first-order valence-corrected chi connectivity index (χ1v) is 0. The molecule has 0 saturated carbocycles. The third kappa shape index (κ3) is 58.9. The Balaban J connectivity index is 0. The Labute approximate surface area is 98.5 Å². The van der Waals surface area contributed by atoms with Gasteiger partial charge < -0.3 is 21.9 Å². The van der Waals surface area contributed by atoms with Gasteiger partial charge in [-0.3, -0.25) is 0 Å². The van der Waals surface area contributed by atoms with Gasteiger partial charge in [-0.2, -0.15) is 0 Å². The zero-order valence-electron chi connectivity index (χ0n) is 3.49. The van der Waals surface area contributed by atoms with Crippen molar-refractivity contribution in [1.29, 1.82) is 0 Å². The van der Waals surface area contributed by atoms with Gasteiger partial charge in [0.05, 0.1) is 0 Å². The van der Waals surface area contributed by atoms with Crippen LogP contribution in [0.2, 0.25) is 0 Å². The minimum Gasteiger partial charge on any atom is -2.00 e. The molecule has 0 unspecified atom stereocenters. The van der Waals surface area contributed by atoms with Gasteiger partial charge in [-0.1, -0.05) is 0 Å². The van der Waals surface area contributed by atoms with Crippen molar-refractivity contribution in [2.75, 3.05) is 0 Å². The van der Waals surface area contributed by atoms with Gasteiger partial charge in [0.2, 0.25) is 0 Å². The molecule has 0 atom stereocenters. The molecule has 0 saturated heterocycles. The summed E-state index contributed by atoms with van der Waals surface area (Å²) in [6.07, 6.45) is 0. The van der Waals surface area contributed by atoms with Crippen molar-refractivity contribution in [2.24, 2.45) is 0 Å². The fourth-order valence-electron chi connectivity index (χ4n) is 0. The van der Waals surface area contributed by atoms with E-state index in [1.165, 1.54) is 0 Å². The summed E-state index contributed by atoms with van der Waals surface area (Å²) < 4.78 is 0. The normalized spacial score (nSPS) is 0. The summed E-state index contributed by atoms with van der Waals surface area (Å²) in [5, 5.41) is 0. The van der Waals surface area contributed by atoms with Crippen molar-refractivity contribution in [3.05, 3.63) is 0 Å². The fraction of sp³-hybridized carbons (Fsp3) is 0. The van der Waals surface area contributed by atoms with Gasteiger partial charge in [-0.05, 0) is 0 Å². The minimum absolute atomic E-state index is 0. The molecule has 0 heterocycles. The second-order valence-electron chi connectivity index (χ2n) is 0. The standard InChI is InChI=1S/In.4O.Y.Zn/q+3;4*-2;+3;+2. The number of rotatable bonds is 0.